The molecule has 0 aliphatic rings. The standard InChI is InChI=1S/C18H17N3O7S2/c1-26-13-5-3-2-4-12(13)21-15(22)8-16-20-11(10-29-16)9-27-18(23)14-6-7-17(28-14)30(19,24)25/h2-7,10H,8-9H2,1H3,(H,21,22)(H2,19,24,25). The number of hydrogen-bond donors (Lipinski definition) is 2. The first-order chi connectivity index (χ1) is 14.3. The van der Waals surface area contributed by atoms with Crippen molar-refractivity contribution < 1.29 is 31.9 Å². The number of methoxy groups -OCH3 is 1. The Kier molecular flexibility index (Phi) is 6.50. The Hall–Kier alpha value is -3.22. The van der Waals surface area contributed by atoms with E-state index in [2.05, 4.69) is 10.3 Å². The van der Waals surface area contributed by atoms with E-state index in [1.165, 1.54) is 18.4 Å². The van der Waals surface area contributed by atoms with E-state index >= 15 is 0 Å². The molecule has 10 nitrogen and oxygen atoms in total. The molecule has 0 spiro atoms. The molecule has 0 aliphatic heterocycles. The van der Waals surface area contributed by atoms with Gasteiger partial charge in [-0.25, -0.2) is 23.3 Å². The number of para-hydroxylation sites is 2. The van der Waals surface area contributed by atoms with Crippen molar-refractivity contribution in [3.05, 3.63) is 58.2 Å². The van der Waals surface area contributed by atoms with Gasteiger partial charge in [0.1, 0.15) is 17.4 Å². The lowest BCUT2D eigenvalue weighted by Crippen LogP contribution is -2.15. The van der Waals surface area contributed by atoms with Crippen molar-refractivity contribution in [3.8, 4) is 5.75 Å². The molecule has 1 aromatic carbocycles. The highest BCUT2D eigenvalue weighted by Gasteiger charge is 2.19. The predicted octanol–water partition coefficient (Wildman–Crippen LogP) is 1.93. The van der Waals surface area contributed by atoms with Crippen LogP contribution in [0.1, 0.15) is 21.3 Å². The monoisotopic (exact) mass is 451 g/mol. The molecule has 0 bridgehead atoms. The van der Waals surface area contributed by atoms with Crippen LogP contribution in [0, 0.1) is 0 Å². The molecule has 0 saturated carbocycles. The number of amides is 1. The summed E-state index contributed by atoms with van der Waals surface area (Å²) >= 11 is 1.24. The fourth-order valence-corrected chi connectivity index (χ4v) is 3.61. The van der Waals surface area contributed by atoms with E-state index in [0.717, 1.165) is 12.1 Å². The van der Waals surface area contributed by atoms with Gasteiger partial charge in [0, 0.05) is 5.38 Å². The number of esters is 1. The Balaban J connectivity index is 1.54. The number of thiazole rings is 1. The number of carbonyl (C=O) groups excluding carboxylic acids is 2. The molecule has 0 aliphatic carbocycles. The summed E-state index contributed by atoms with van der Waals surface area (Å²) in [4.78, 5) is 28.4. The number of anilines is 1. The zero-order chi connectivity index (χ0) is 21.7. The number of ether oxygens (including phenoxy) is 2. The van der Waals surface area contributed by atoms with Crippen molar-refractivity contribution in [1.82, 2.24) is 4.98 Å². The molecule has 0 radical (unpaired) electrons. The van der Waals surface area contributed by atoms with E-state index in [4.69, 9.17) is 19.0 Å². The highest BCUT2D eigenvalue weighted by atomic mass is 32.2. The third-order valence-electron chi connectivity index (χ3n) is 3.71. The van der Waals surface area contributed by atoms with E-state index in [9.17, 15) is 18.0 Å². The van der Waals surface area contributed by atoms with E-state index < -0.39 is 21.1 Å². The van der Waals surface area contributed by atoms with Gasteiger partial charge in [-0.3, -0.25) is 4.79 Å². The lowest BCUT2D eigenvalue weighted by atomic mass is 10.3. The van der Waals surface area contributed by atoms with Gasteiger partial charge in [0.2, 0.25) is 16.8 Å². The van der Waals surface area contributed by atoms with Crippen LogP contribution in [0.3, 0.4) is 0 Å². The second kappa shape index (κ2) is 9.07. The molecular formula is C18H17N3O7S2. The zero-order valence-electron chi connectivity index (χ0n) is 15.7. The second-order valence-corrected chi connectivity index (χ2v) is 8.33. The normalized spacial score (nSPS) is 11.1. The third-order valence-corrected chi connectivity index (χ3v) is 5.38. The Morgan fingerprint density at radius 1 is 1.23 bits per heavy atom. The van der Waals surface area contributed by atoms with E-state index in [-0.39, 0.29) is 24.7 Å². The molecule has 2 aromatic heterocycles. The summed E-state index contributed by atoms with van der Waals surface area (Å²) in [5.41, 5.74) is 0.986. The van der Waals surface area contributed by atoms with Crippen LogP contribution in [0.2, 0.25) is 0 Å². The second-order valence-electron chi connectivity index (χ2n) is 5.90. The Morgan fingerprint density at radius 2 is 2.00 bits per heavy atom. The fourth-order valence-electron chi connectivity index (χ4n) is 2.37. The zero-order valence-corrected chi connectivity index (χ0v) is 17.3. The van der Waals surface area contributed by atoms with Gasteiger partial charge >= 0.3 is 5.97 Å². The molecule has 0 fully saturated rings. The highest BCUT2D eigenvalue weighted by molar-refractivity contribution is 7.89. The molecular weight excluding hydrogens is 434 g/mol. The van der Waals surface area contributed by atoms with Crippen LogP contribution in [0.5, 0.6) is 5.75 Å². The van der Waals surface area contributed by atoms with Gasteiger partial charge in [-0.1, -0.05) is 12.1 Å². The highest BCUT2D eigenvalue weighted by Crippen LogP contribution is 2.23. The van der Waals surface area contributed by atoms with Crippen LogP contribution in [-0.2, 0) is 32.6 Å². The average Bonchev–Trinajstić information content (AvgIpc) is 3.36. The molecule has 3 rings (SSSR count). The van der Waals surface area contributed by atoms with Gasteiger partial charge < -0.3 is 19.2 Å². The minimum absolute atomic E-state index is 0.0343. The van der Waals surface area contributed by atoms with Crippen LogP contribution in [0.4, 0.5) is 5.69 Å². The van der Waals surface area contributed by atoms with Crippen molar-refractivity contribution >= 4 is 38.9 Å². The van der Waals surface area contributed by atoms with Gasteiger partial charge in [0.25, 0.3) is 10.0 Å². The van der Waals surface area contributed by atoms with Gasteiger partial charge in [-0.2, -0.15) is 0 Å². The molecule has 3 aromatic rings. The summed E-state index contributed by atoms with van der Waals surface area (Å²) in [5.74, 6) is -0.899. The van der Waals surface area contributed by atoms with Crippen molar-refractivity contribution in [2.45, 2.75) is 18.1 Å². The SMILES string of the molecule is COc1ccccc1NC(=O)Cc1nc(COC(=O)c2ccc(S(N)(=O)=O)o2)cs1. The van der Waals surface area contributed by atoms with Crippen LogP contribution < -0.4 is 15.2 Å². The third kappa shape index (κ3) is 5.43. The molecule has 12 heteroatoms. The number of rotatable bonds is 8. The number of nitrogens with one attached hydrogen (secondary N) is 1. The topological polar surface area (TPSA) is 151 Å². The van der Waals surface area contributed by atoms with E-state index in [1.807, 2.05) is 0 Å². The van der Waals surface area contributed by atoms with Crippen LogP contribution in [0.15, 0.2) is 51.3 Å². The summed E-state index contributed by atoms with van der Waals surface area (Å²) in [6, 6.07) is 9.24. The van der Waals surface area contributed by atoms with Crippen molar-refractivity contribution in [3.63, 3.8) is 0 Å². The number of sulfonamides is 1. The molecule has 3 N–H and O–H groups in total. The largest absolute Gasteiger partial charge is 0.495 e. The van der Waals surface area contributed by atoms with Crippen molar-refractivity contribution in [1.29, 1.82) is 0 Å². The minimum atomic E-state index is -4.05. The number of hydrogen-bond acceptors (Lipinski definition) is 9. The first kappa shape index (κ1) is 21.5. The summed E-state index contributed by atoms with van der Waals surface area (Å²) in [5, 5.41) is 9.32. The first-order valence-corrected chi connectivity index (χ1v) is 10.8. The number of nitrogens with zero attached hydrogens (tertiary/aromatic N) is 1. The van der Waals surface area contributed by atoms with Crippen LogP contribution in [0.25, 0.3) is 0 Å². The summed E-state index contributed by atoms with van der Waals surface area (Å²) in [6.07, 6.45) is 0.0343. The molecule has 0 unspecified atom stereocenters. The number of carbonyl (C=O) groups is 2. The van der Waals surface area contributed by atoms with Gasteiger partial charge in [0.15, 0.2) is 0 Å². The van der Waals surface area contributed by atoms with Crippen LogP contribution >= 0.6 is 11.3 Å². The molecule has 0 saturated heterocycles. The summed E-state index contributed by atoms with van der Waals surface area (Å²) in [7, 11) is -2.54. The Labute approximate surface area is 175 Å². The quantitative estimate of drug-likeness (QED) is 0.493. The molecule has 2 heterocycles. The maximum atomic E-state index is 12.2. The van der Waals surface area contributed by atoms with E-state index in [1.54, 1.807) is 29.6 Å². The first-order valence-electron chi connectivity index (χ1n) is 8.42. The number of nitrogens with two attached hydrogens (primary N) is 1. The van der Waals surface area contributed by atoms with Crippen molar-refractivity contribution in [2.24, 2.45) is 5.14 Å². The number of aromatic nitrogens is 1. The summed E-state index contributed by atoms with van der Waals surface area (Å²) < 4.78 is 37.4. The smallest absolute Gasteiger partial charge is 0.374 e. The van der Waals surface area contributed by atoms with Gasteiger partial charge in [-0.05, 0) is 24.3 Å². The lowest BCUT2D eigenvalue weighted by molar-refractivity contribution is -0.115. The van der Waals surface area contributed by atoms with E-state index in [0.29, 0.717) is 22.1 Å². The number of primary sulfonamides is 1. The molecule has 0 atom stereocenters. The molecule has 30 heavy (non-hydrogen) atoms. The van der Waals surface area contributed by atoms with Crippen molar-refractivity contribution in [2.75, 3.05) is 12.4 Å². The summed E-state index contributed by atoms with van der Waals surface area (Å²) in [6.45, 7) is -0.172. The average molecular weight is 451 g/mol. The predicted molar refractivity (Wildman–Crippen MR) is 107 cm³/mol. The minimum Gasteiger partial charge on any atom is -0.495 e. The lowest BCUT2D eigenvalue weighted by Gasteiger charge is -2.08. The Morgan fingerprint density at radius 3 is 2.70 bits per heavy atom. The molecule has 158 valence electrons. The molecule has 1 amide bonds. The van der Waals surface area contributed by atoms with Gasteiger partial charge in [-0.15, -0.1) is 11.3 Å². The Bertz CT molecular complexity index is 1170. The van der Waals surface area contributed by atoms with Crippen LogP contribution in [-0.4, -0.2) is 32.4 Å². The number of benzene rings is 1. The van der Waals surface area contributed by atoms with Gasteiger partial charge in [0.05, 0.1) is 24.9 Å². The number of furan rings is 1. The maximum absolute atomic E-state index is 12.2. The fraction of sp³-hybridized carbons (Fsp3) is 0.167. The maximum Gasteiger partial charge on any atom is 0.374 e.